The number of ether oxygens (including phenoxy) is 5. The normalized spacial score (nSPS) is 42.9. The fraction of sp³-hybridized carbons (Fsp3) is 1.00. The summed E-state index contributed by atoms with van der Waals surface area (Å²) < 4.78 is 63.4. The van der Waals surface area contributed by atoms with Crippen molar-refractivity contribution in [3.05, 3.63) is 0 Å². The summed E-state index contributed by atoms with van der Waals surface area (Å²) in [6.45, 7) is 6.55. The Kier molecular flexibility index (Phi) is 3.82. The average molecular weight is 340 g/mol. The monoisotopic (exact) mass is 340 g/mol. The number of rotatable bonds is 3. The lowest BCUT2D eigenvalue weighted by Crippen LogP contribution is -2.56. The maximum absolute atomic E-state index is 10.8. The highest BCUT2D eigenvalue weighted by molar-refractivity contribution is 7.80. The zero-order valence-electron chi connectivity index (χ0n) is 12.7. The molecule has 10 heteroatoms. The summed E-state index contributed by atoms with van der Waals surface area (Å²) in [5.41, 5.74) is 0. The van der Waals surface area contributed by atoms with E-state index in [-0.39, 0.29) is 0 Å². The second-order valence-electron chi connectivity index (χ2n) is 6.42. The standard InChI is InChI=1S/C12H20O9S/c1-11(2)18-7-6(5-16-22(13,14)15)17-10-9(8(7)19-11)20-12(3,4)21-10/h6-10H,5H2,1-4H3,(H,13,14,15)/t6-,7+,8+,9-,10-/m1/s1. The predicted octanol–water partition coefficient (Wildman–Crippen LogP) is 0.202. The SMILES string of the molecule is CC1(C)O[C@H]2[C@@H](O1)[C@@H](COS(=O)(=O)O)O[C@@H]1OC(C)(C)O[C@@H]12. The third kappa shape index (κ3) is 3.29. The zero-order valence-corrected chi connectivity index (χ0v) is 13.5. The summed E-state index contributed by atoms with van der Waals surface area (Å²) in [6.07, 6.45) is -3.11. The first-order valence-corrected chi connectivity index (χ1v) is 8.31. The minimum absolute atomic E-state index is 0.410. The van der Waals surface area contributed by atoms with E-state index in [4.69, 9.17) is 28.2 Å². The first-order chi connectivity index (χ1) is 9.96. The van der Waals surface area contributed by atoms with Crippen LogP contribution in [0.2, 0.25) is 0 Å². The largest absolute Gasteiger partial charge is 0.397 e. The summed E-state index contributed by atoms with van der Waals surface area (Å²) in [5.74, 6) is -1.73. The van der Waals surface area contributed by atoms with Crippen LogP contribution in [0.1, 0.15) is 27.7 Å². The minimum Gasteiger partial charge on any atom is -0.342 e. The van der Waals surface area contributed by atoms with Crippen molar-refractivity contribution in [1.82, 2.24) is 0 Å². The molecule has 0 bridgehead atoms. The van der Waals surface area contributed by atoms with Gasteiger partial charge in [0.25, 0.3) is 0 Å². The van der Waals surface area contributed by atoms with Gasteiger partial charge in [0.05, 0.1) is 6.61 Å². The number of hydrogen-bond donors (Lipinski definition) is 1. The van der Waals surface area contributed by atoms with Crippen molar-refractivity contribution >= 4 is 10.4 Å². The number of fused-ring (bicyclic) bond motifs is 3. The van der Waals surface area contributed by atoms with Crippen LogP contribution < -0.4 is 0 Å². The molecule has 3 heterocycles. The molecule has 3 aliphatic heterocycles. The van der Waals surface area contributed by atoms with Crippen LogP contribution in [-0.4, -0.2) is 61.9 Å². The predicted molar refractivity (Wildman–Crippen MR) is 70.0 cm³/mol. The Hall–Kier alpha value is -0.330. The van der Waals surface area contributed by atoms with E-state index in [0.717, 1.165) is 0 Å². The summed E-state index contributed by atoms with van der Waals surface area (Å²) in [6, 6.07) is 0. The van der Waals surface area contributed by atoms with Gasteiger partial charge in [0, 0.05) is 0 Å². The second-order valence-corrected chi connectivity index (χ2v) is 7.51. The van der Waals surface area contributed by atoms with Gasteiger partial charge in [-0.2, -0.15) is 8.42 Å². The first kappa shape index (κ1) is 16.5. The molecule has 0 unspecified atom stereocenters. The van der Waals surface area contributed by atoms with Gasteiger partial charge >= 0.3 is 10.4 Å². The van der Waals surface area contributed by atoms with Crippen molar-refractivity contribution in [2.24, 2.45) is 0 Å². The third-order valence-corrected chi connectivity index (χ3v) is 4.07. The maximum Gasteiger partial charge on any atom is 0.397 e. The van der Waals surface area contributed by atoms with Crippen molar-refractivity contribution in [1.29, 1.82) is 0 Å². The molecule has 3 saturated heterocycles. The molecule has 0 spiro atoms. The molecule has 0 aromatic rings. The Balaban J connectivity index is 1.81. The van der Waals surface area contributed by atoms with Crippen molar-refractivity contribution in [2.45, 2.75) is 70.0 Å². The van der Waals surface area contributed by atoms with E-state index in [1.165, 1.54) is 0 Å². The van der Waals surface area contributed by atoms with Crippen LogP contribution >= 0.6 is 0 Å². The molecule has 1 N–H and O–H groups in total. The Morgan fingerprint density at radius 2 is 1.50 bits per heavy atom. The van der Waals surface area contributed by atoms with Gasteiger partial charge in [0.2, 0.25) is 0 Å². The highest BCUT2D eigenvalue weighted by atomic mass is 32.3. The Labute approximate surface area is 128 Å². The third-order valence-electron chi connectivity index (χ3n) is 3.63. The zero-order chi connectivity index (χ0) is 16.3. The molecule has 22 heavy (non-hydrogen) atoms. The Morgan fingerprint density at radius 1 is 0.955 bits per heavy atom. The van der Waals surface area contributed by atoms with Crippen LogP contribution in [0, 0.1) is 0 Å². The van der Waals surface area contributed by atoms with Gasteiger partial charge in [-0.25, -0.2) is 4.18 Å². The molecule has 3 aliphatic rings. The van der Waals surface area contributed by atoms with Crippen LogP contribution in [0.15, 0.2) is 0 Å². The highest BCUT2D eigenvalue weighted by Gasteiger charge is 2.60. The lowest BCUT2D eigenvalue weighted by atomic mass is 9.99. The van der Waals surface area contributed by atoms with Crippen molar-refractivity contribution < 1.29 is 40.8 Å². The molecular weight excluding hydrogens is 320 g/mol. The average Bonchev–Trinajstić information content (AvgIpc) is 2.79. The first-order valence-electron chi connectivity index (χ1n) is 6.94. The van der Waals surface area contributed by atoms with E-state index in [0.29, 0.717) is 0 Å². The van der Waals surface area contributed by atoms with E-state index in [2.05, 4.69) is 4.18 Å². The quantitative estimate of drug-likeness (QED) is 0.720. The van der Waals surface area contributed by atoms with E-state index in [9.17, 15) is 8.42 Å². The molecular formula is C12H20O9S. The van der Waals surface area contributed by atoms with Crippen LogP contribution in [0.4, 0.5) is 0 Å². The highest BCUT2D eigenvalue weighted by Crippen LogP contribution is 2.44. The van der Waals surface area contributed by atoms with Gasteiger partial charge in [0.15, 0.2) is 17.9 Å². The van der Waals surface area contributed by atoms with E-state index in [1.54, 1.807) is 27.7 Å². The topological polar surface area (TPSA) is 110 Å². The molecule has 5 atom stereocenters. The van der Waals surface area contributed by atoms with Crippen LogP contribution in [-0.2, 0) is 38.3 Å². The molecule has 3 fully saturated rings. The van der Waals surface area contributed by atoms with Crippen LogP contribution in [0.5, 0.6) is 0 Å². The fourth-order valence-electron chi connectivity index (χ4n) is 2.98. The van der Waals surface area contributed by atoms with Gasteiger partial charge in [-0.1, -0.05) is 0 Å². The number of hydrogen-bond acceptors (Lipinski definition) is 8. The van der Waals surface area contributed by atoms with Crippen molar-refractivity contribution in [3.8, 4) is 0 Å². The van der Waals surface area contributed by atoms with Gasteiger partial charge < -0.3 is 23.7 Å². The summed E-state index contributed by atoms with van der Waals surface area (Å²) in [7, 11) is -4.57. The lowest BCUT2D eigenvalue weighted by Gasteiger charge is -2.36. The van der Waals surface area contributed by atoms with E-state index < -0.39 is 59.3 Å². The Bertz CT molecular complexity index is 543. The molecule has 0 aliphatic carbocycles. The fourth-order valence-corrected chi connectivity index (χ4v) is 3.29. The molecule has 3 rings (SSSR count). The van der Waals surface area contributed by atoms with Gasteiger partial charge in [-0.3, -0.25) is 4.55 Å². The van der Waals surface area contributed by atoms with E-state index in [1.807, 2.05) is 0 Å². The molecule has 0 aromatic carbocycles. The Morgan fingerprint density at radius 3 is 2.14 bits per heavy atom. The van der Waals surface area contributed by atoms with Crippen LogP contribution in [0.25, 0.3) is 0 Å². The van der Waals surface area contributed by atoms with Crippen LogP contribution in [0.3, 0.4) is 0 Å². The molecule has 0 amide bonds. The van der Waals surface area contributed by atoms with Gasteiger partial charge in [-0.15, -0.1) is 0 Å². The summed E-state index contributed by atoms with van der Waals surface area (Å²) >= 11 is 0. The summed E-state index contributed by atoms with van der Waals surface area (Å²) in [5, 5.41) is 0. The van der Waals surface area contributed by atoms with Gasteiger partial charge in [0.1, 0.15) is 24.4 Å². The minimum atomic E-state index is -4.57. The summed E-state index contributed by atoms with van der Waals surface area (Å²) in [4.78, 5) is 0. The molecule has 0 aromatic heterocycles. The van der Waals surface area contributed by atoms with Crippen molar-refractivity contribution in [2.75, 3.05) is 6.61 Å². The molecule has 0 saturated carbocycles. The van der Waals surface area contributed by atoms with Crippen molar-refractivity contribution in [3.63, 3.8) is 0 Å². The maximum atomic E-state index is 10.8. The van der Waals surface area contributed by atoms with Gasteiger partial charge in [-0.05, 0) is 27.7 Å². The smallest absolute Gasteiger partial charge is 0.342 e. The molecule has 128 valence electrons. The molecule has 0 radical (unpaired) electrons. The second kappa shape index (κ2) is 5.08. The van der Waals surface area contributed by atoms with E-state index >= 15 is 0 Å². The lowest BCUT2D eigenvalue weighted by molar-refractivity contribution is -0.238. The molecule has 9 nitrogen and oxygen atoms in total.